The highest BCUT2D eigenvalue weighted by atomic mass is 19.1. The van der Waals surface area contributed by atoms with E-state index in [-0.39, 0.29) is 17.6 Å². The van der Waals surface area contributed by atoms with Crippen molar-refractivity contribution >= 4 is 11.8 Å². The van der Waals surface area contributed by atoms with E-state index in [9.17, 15) is 14.0 Å². The molecule has 0 spiro atoms. The Morgan fingerprint density at radius 3 is 2.56 bits per heavy atom. The minimum atomic E-state index is -0.314. The van der Waals surface area contributed by atoms with E-state index in [0.29, 0.717) is 30.0 Å². The van der Waals surface area contributed by atoms with Gasteiger partial charge in [0.05, 0.1) is 17.9 Å². The minimum Gasteiger partial charge on any atom is -0.355 e. The van der Waals surface area contributed by atoms with Gasteiger partial charge in [-0.1, -0.05) is 12.1 Å². The van der Waals surface area contributed by atoms with Crippen molar-refractivity contribution in [3.05, 3.63) is 95.6 Å². The van der Waals surface area contributed by atoms with Gasteiger partial charge in [0.1, 0.15) is 5.82 Å². The largest absolute Gasteiger partial charge is 0.355 e. The van der Waals surface area contributed by atoms with Gasteiger partial charge in [0.25, 0.3) is 5.91 Å². The zero-order valence-corrected chi connectivity index (χ0v) is 18.9. The van der Waals surface area contributed by atoms with E-state index in [1.807, 2.05) is 36.5 Å². The summed E-state index contributed by atoms with van der Waals surface area (Å²) in [5.41, 5.74) is 5.33. The number of nitrogens with zero attached hydrogens (tertiary/aromatic N) is 3. The molecule has 2 aromatic heterocycles. The first-order valence-corrected chi connectivity index (χ1v) is 10.8. The molecule has 0 unspecified atom stereocenters. The molecule has 4 aromatic rings. The zero-order valence-electron chi connectivity index (χ0n) is 18.9. The molecule has 0 bridgehead atoms. The van der Waals surface area contributed by atoms with Crippen molar-refractivity contribution in [2.75, 3.05) is 7.05 Å². The number of carbonyl (C=O) groups excluding carboxylic acids is 2. The van der Waals surface area contributed by atoms with Gasteiger partial charge in [-0.15, -0.1) is 0 Å². The molecule has 172 valence electrons. The molecule has 2 amide bonds. The van der Waals surface area contributed by atoms with Crippen molar-refractivity contribution in [3.63, 3.8) is 0 Å². The zero-order chi connectivity index (χ0) is 24.1. The summed E-state index contributed by atoms with van der Waals surface area (Å²) < 4.78 is 15.2. The summed E-state index contributed by atoms with van der Waals surface area (Å²) in [6.45, 7) is 2.26. The second-order valence-corrected chi connectivity index (χ2v) is 7.82. The van der Waals surface area contributed by atoms with E-state index in [4.69, 9.17) is 5.10 Å². The summed E-state index contributed by atoms with van der Waals surface area (Å²) in [4.78, 5) is 27.9. The van der Waals surface area contributed by atoms with E-state index in [0.717, 1.165) is 22.3 Å². The third-order valence-electron chi connectivity index (χ3n) is 5.33. The Kier molecular flexibility index (Phi) is 6.77. The number of carbonyl (C=O) groups is 2. The van der Waals surface area contributed by atoms with E-state index >= 15 is 0 Å². The van der Waals surface area contributed by atoms with Gasteiger partial charge in [-0.2, -0.15) is 5.10 Å². The first-order chi connectivity index (χ1) is 16.4. The van der Waals surface area contributed by atoms with E-state index in [1.54, 1.807) is 36.1 Å². The van der Waals surface area contributed by atoms with Gasteiger partial charge < -0.3 is 10.6 Å². The first kappa shape index (κ1) is 22.8. The highest BCUT2D eigenvalue weighted by molar-refractivity contribution is 5.94. The topological polar surface area (TPSA) is 88.9 Å². The highest BCUT2D eigenvalue weighted by Gasteiger charge is 2.13. The number of nitrogens with one attached hydrogen (secondary N) is 2. The lowest BCUT2D eigenvalue weighted by Gasteiger charge is -2.11. The fourth-order valence-corrected chi connectivity index (χ4v) is 3.60. The third-order valence-corrected chi connectivity index (χ3v) is 5.33. The standard InChI is InChI=1S/C26H24FN5O2/c1-17(33)29-14-21-15-30-25(19-6-8-22(27)9-7-19)13-23(21)24-10-11-32(31-24)16-18-4-3-5-20(12-18)26(34)28-2/h3-13,15H,14,16H2,1-2H3,(H,28,34)(H,29,33). The number of pyridine rings is 1. The van der Waals surface area contributed by atoms with Gasteiger partial charge >= 0.3 is 0 Å². The van der Waals surface area contributed by atoms with Gasteiger partial charge in [-0.05, 0) is 59.7 Å². The fraction of sp³-hybridized carbons (Fsp3) is 0.154. The van der Waals surface area contributed by atoms with Crippen LogP contribution in [-0.4, -0.2) is 33.6 Å². The maximum atomic E-state index is 13.4. The fourth-order valence-electron chi connectivity index (χ4n) is 3.60. The van der Waals surface area contributed by atoms with Crippen LogP contribution >= 0.6 is 0 Å². The molecule has 0 aliphatic carbocycles. The van der Waals surface area contributed by atoms with Gasteiger partial charge in [-0.25, -0.2) is 4.39 Å². The molecule has 0 atom stereocenters. The average molecular weight is 458 g/mol. The number of halogens is 1. The van der Waals surface area contributed by atoms with E-state index in [2.05, 4.69) is 15.6 Å². The lowest BCUT2D eigenvalue weighted by molar-refractivity contribution is -0.119. The second kappa shape index (κ2) is 10.1. The Balaban J connectivity index is 1.66. The summed E-state index contributed by atoms with van der Waals surface area (Å²) in [6, 6.07) is 17.3. The van der Waals surface area contributed by atoms with Crippen molar-refractivity contribution in [1.29, 1.82) is 0 Å². The molecule has 34 heavy (non-hydrogen) atoms. The highest BCUT2D eigenvalue weighted by Crippen LogP contribution is 2.27. The summed E-state index contributed by atoms with van der Waals surface area (Å²) in [5.74, 6) is -0.601. The monoisotopic (exact) mass is 457 g/mol. The molecule has 0 radical (unpaired) electrons. The van der Waals surface area contributed by atoms with E-state index < -0.39 is 0 Å². The van der Waals surface area contributed by atoms with Crippen molar-refractivity contribution in [3.8, 4) is 22.5 Å². The van der Waals surface area contributed by atoms with Crippen LogP contribution < -0.4 is 10.6 Å². The van der Waals surface area contributed by atoms with Crippen LogP contribution in [-0.2, 0) is 17.9 Å². The maximum absolute atomic E-state index is 13.4. The van der Waals surface area contributed by atoms with E-state index in [1.165, 1.54) is 19.1 Å². The van der Waals surface area contributed by atoms with Crippen LogP contribution in [0.5, 0.6) is 0 Å². The Morgan fingerprint density at radius 2 is 1.82 bits per heavy atom. The smallest absolute Gasteiger partial charge is 0.251 e. The predicted octanol–water partition coefficient (Wildman–Crippen LogP) is 3.80. The Labute approximate surface area is 196 Å². The first-order valence-electron chi connectivity index (χ1n) is 10.8. The molecule has 0 fully saturated rings. The molecule has 0 saturated heterocycles. The predicted molar refractivity (Wildman–Crippen MR) is 127 cm³/mol. The van der Waals surface area contributed by atoms with Crippen molar-refractivity contribution in [1.82, 2.24) is 25.4 Å². The number of rotatable bonds is 7. The molecule has 0 aliphatic heterocycles. The molecule has 4 rings (SSSR count). The van der Waals surface area contributed by atoms with Gasteiger partial charge in [-0.3, -0.25) is 19.3 Å². The van der Waals surface area contributed by atoms with Crippen LogP contribution in [0.3, 0.4) is 0 Å². The lowest BCUT2D eigenvalue weighted by Crippen LogP contribution is -2.19. The minimum absolute atomic E-state index is 0.143. The maximum Gasteiger partial charge on any atom is 0.251 e. The van der Waals surface area contributed by atoms with Crippen LogP contribution in [0.1, 0.15) is 28.4 Å². The second-order valence-electron chi connectivity index (χ2n) is 7.82. The van der Waals surface area contributed by atoms with Crippen molar-refractivity contribution in [2.24, 2.45) is 0 Å². The number of amides is 2. The van der Waals surface area contributed by atoms with Gasteiger partial charge in [0, 0.05) is 49.6 Å². The van der Waals surface area contributed by atoms with Gasteiger partial charge in [0.15, 0.2) is 0 Å². The molecule has 8 heteroatoms. The third kappa shape index (κ3) is 5.35. The average Bonchev–Trinajstić information content (AvgIpc) is 3.31. The van der Waals surface area contributed by atoms with Crippen LogP contribution in [0.2, 0.25) is 0 Å². The Morgan fingerprint density at radius 1 is 1.03 bits per heavy atom. The van der Waals surface area contributed by atoms with Crippen LogP contribution in [0.15, 0.2) is 73.1 Å². The van der Waals surface area contributed by atoms with Crippen LogP contribution in [0.4, 0.5) is 4.39 Å². The Bertz CT molecular complexity index is 1330. The molecule has 2 heterocycles. The van der Waals surface area contributed by atoms with Gasteiger partial charge in [0.2, 0.25) is 5.91 Å². The molecular formula is C26H24FN5O2. The Hall–Kier alpha value is -4.33. The molecule has 0 saturated carbocycles. The SMILES string of the molecule is CNC(=O)c1cccc(Cn2ccc(-c3cc(-c4ccc(F)cc4)ncc3CNC(C)=O)n2)c1. The summed E-state index contributed by atoms with van der Waals surface area (Å²) in [5, 5.41) is 10.2. The molecule has 2 N–H and O–H groups in total. The number of hydrogen-bond donors (Lipinski definition) is 2. The van der Waals surface area contributed by atoms with Crippen molar-refractivity contribution in [2.45, 2.75) is 20.0 Å². The normalized spacial score (nSPS) is 10.7. The summed E-state index contributed by atoms with van der Waals surface area (Å²) in [6.07, 6.45) is 3.57. The lowest BCUT2D eigenvalue weighted by atomic mass is 10.0. The van der Waals surface area contributed by atoms with Crippen molar-refractivity contribution < 1.29 is 14.0 Å². The molecule has 2 aromatic carbocycles. The number of hydrogen-bond acceptors (Lipinski definition) is 4. The molecule has 0 aliphatic rings. The van der Waals surface area contributed by atoms with Crippen LogP contribution in [0.25, 0.3) is 22.5 Å². The molecule has 7 nitrogen and oxygen atoms in total. The van der Waals surface area contributed by atoms with Crippen LogP contribution in [0, 0.1) is 5.82 Å². The number of aromatic nitrogens is 3. The summed E-state index contributed by atoms with van der Waals surface area (Å²) >= 11 is 0. The number of benzene rings is 2. The summed E-state index contributed by atoms with van der Waals surface area (Å²) in [7, 11) is 1.60. The quantitative estimate of drug-likeness (QED) is 0.442. The molecular weight excluding hydrogens is 433 g/mol.